The third-order valence-electron chi connectivity index (χ3n) is 4.12. The van der Waals surface area contributed by atoms with Gasteiger partial charge in [-0.15, -0.1) is 0 Å². The molecular weight excluding hydrogens is 305 g/mol. The first-order valence-electron chi connectivity index (χ1n) is 8.16. The second kappa shape index (κ2) is 8.34. The van der Waals surface area contributed by atoms with Crippen LogP contribution in [0.4, 0.5) is 13.2 Å². The molecule has 128 valence electrons. The Morgan fingerprint density at radius 2 is 1.65 bits per heavy atom. The summed E-state index contributed by atoms with van der Waals surface area (Å²) >= 11 is 0. The molecule has 0 aromatic heterocycles. The largest absolute Gasteiger partial charge is 0.417 e. The molecule has 1 aromatic rings. The Labute approximate surface area is 134 Å². The Bertz CT molecular complexity index is 499. The minimum atomic E-state index is -4.50. The molecule has 6 heteroatoms. The average molecular weight is 328 g/mol. The van der Waals surface area contributed by atoms with Gasteiger partial charge in [-0.1, -0.05) is 25.0 Å². The Balaban J connectivity index is 0.000000326. The second-order valence-corrected chi connectivity index (χ2v) is 5.96. The summed E-state index contributed by atoms with van der Waals surface area (Å²) in [7, 11) is 0. The lowest BCUT2D eigenvalue weighted by molar-refractivity contribution is -0.137. The fourth-order valence-electron chi connectivity index (χ4n) is 2.89. The van der Waals surface area contributed by atoms with Crippen LogP contribution in [0.5, 0.6) is 0 Å². The first kappa shape index (κ1) is 17.8. The van der Waals surface area contributed by atoms with Crippen molar-refractivity contribution in [1.29, 1.82) is 0 Å². The van der Waals surface area contributed by atoms with E-state index < -0.39 is 17.6 Å². The predicted octanol–water partition coefficient (Wildman–Crippen LogP) is 3.75. The van der Waals surface area contributed by atoms with Crippen LogP contribution in [0.25, 0.3) is 0 Å². The first-order chi connectivity index (χ1) is 11.0. The van der Waals surface area contributed by atoms with Crippen molar-refractivity contribution in [2.45, 2.75) is 50.7 Å². The monoisotopic (exact) mass is 328 g/mol. The topological polar surface area (TPSA) is 41.1 Å². The van der Waals surface area contributed by atoms with Crippen LogP contribution in [0.3, 0.4) is 0 Å². The van der Waals surface area contributed by atoms with Gasteiger partial charge in [0.1, 0.15) is 0 Å². The summed E-state index contributed by atoms with van der Waals surface area (Å²) in [6.07, 6.45) is 2.02. The number of alkyl halides is 3. The van der Waals surface area contributed by atoms with Crippen molar-refractivity contribution in [3.63, 3.8) is 0 Å². The van der Waals surface area contributed by atoms with E-state index in [-0.39, 0.29) is 11.6 Å². The molecular formula is C17H23F3N2O. The minimum absolute atomic E-state index is 0.0128. The molecule has 0 bridgehead atoms. The van der Waals surface area contributed by atoms with Crippen LogP contribution >= 0.6 is 0 Å². The summed E-state index contributed by atoms with van der Waals surface area (Å²) in [6, 6.07) is 4.89. The molecule has 0 radical (unpaired) electrons. The number of carbonyl (C=O) groups is 1. The number of carbonyl (C=O) groups excluding carboxylic acids is 1. The van der Waals surface area contributed by atoms with Gasteiger partial charge in [0.05, 0.1) is 11.1 Å². The molecule has 1 aromatic carbocycles. The number of halogens is 3. The molecule has 1 aliphatic carbocycles. The molecule has 23 heavy (non-hydrogen) atoms. The van der Waals surface area contributed by atoms with Crippen LogP contribution in [-0.2, 0) is 6.18 Å². The fraction of sp³-hybridized carbons (Fsp3) is 0.588. The summed E-state index contributed by atoms with van der Waals surface area (Å²) < 4.78 is 38.2. The second-order valence-electron chi connectivity index (χ2n) is 5.96. The normalized spacial score (nSPS) is 18.4. The fourth-order valence-corrected chi connectivity index (χ4v) is 2.89. The molecule has 1 amide bonds. The molecule has 2 aliphatic rings. The van der Waals surface area contributed by atoms with E-state index in [4.69, 9.17) is 0 Å². The van der Waals surface area contributed by atoms with E-state index in [2.05, 4.69) is 10.6 Å². The van der Waals surface area contributed by atoms with Crippen molar-refractivity contribution in [2.24, 2.45) is 0 Å². The predicted molar refractivity (Wildman–Crippen MR) is 83.3 cm³/mol. The van der Waals surface area contributed by atoms with Crippen molar-refractivity contribution in [1.82, 2.24) is 10.6 Å². The van der Waals surface area contributed by atoms with Gasteiger partial charge in [-0.2, -0.15) is 13.2 Å². The SMILES string of the molecule is C1CCNC1.O=C(NC1CCCC1)c1ccccc1C(F)(F)F. The molecule has 3 nitrogen and oxygen atoms in total. The lowest BCUT2D eigenvalue weighted by Gasteiger charge is -2.15. The van der Waals surface area contributed by atoms with E-state index in [9.17, 15) is 18.0 Å². The number of hydrogen-bond acceptors (Lipinski definition) is 2. The lowest BCUT2D eigenvalue weighted by Crippen LogP contribution is -2.33. The van der Waals surface area contributed by atoms with Gasteiger partial charge in [0, 0.05) is 6.04 Å². The van der Waals surface area contributed by atoms with Gasteiger partial charge in [-0.05, 0) is 50.9 Å². The maximum absolute atomic E-state index is 12.7. The summed E-state index contributed by atoms with van der Waals surface area (Å²) in [5.41, 5.74) is -1.17. The van der Waals surface area contributed by atoms with Crippen LogP contribution in [0.2, 0.25) is 0 Å². The first-order valence-corrected chi connectivity index (χ1v) is 8.16. The van der Waals surface area contributed by atoms with Crippen LogP contribution in [0.1, 0.15) is 54.4 Å². The Morgan fingerprint density at radius 3 is 2.17 bits per heavy atom. The Kier molecular flexibility index (Phi) is 6.45. The van der Waals surface area contributed by atoms with Crippen LogP contribution < -0.4 is 10.6 Å². The summed E-state index contributed by atoms with van der Waals surface area (Å²) in [5, 5.41) is 5.89. The Hall–Kier alpha value is -1.56. The van der Waals surface area contributed by atoms with Gasteiger partial charge >= 0.3 is 6.18 Å². The number of benzene rings is 1. The van der Waals surface area contributed by atoms with Gasteiger partial charge in [0.25, 0.3) is 5.91 Å². The van der Waals surface area contributed by atoms with E-state index in [1.807, 2.05) is 0 Å². The van der Waals surface area contributed by atoms with Crippen molar-refractivity contribution in [3.05, 3.63) is 35.4 Å². The maximum atomic E-state index is 12.7. The third kappa shape index (κ3) is 5.53. The van der Waals surface area contributed by atoms with E-state index in [1.54, 1.807) is 0 Å². The third-order valence-corrected chi connectivity index (χ3v) is 4.12. The highest BCUT2D eigenvalue weighted by molar-refractivity contribution is 5.96. The molecule has 0 spiro atoms. The number of hydrogen-bond donors (Lipinski definition) is 2. The number of rotatable bonds is 2. The van der Waals surface area contributed by atoms with Crippen molar-refractivity contribution in [3.8, 4) is 0 Å². The molecule has 2 N–H and O–H groups in total. The zero-order chi connectivity index (χ0) is 16.7. The number of nitrogens with one attached hydrogen (secondary N) is 2. The van der Waals surface area contributed by atoms with Crippen molar-refractivity contribution in [2.75, 3.05) is 13.1 Å². The van der Waals surface area contributed by atoms with Crippen LogP contribution in [0, 0.1) is 0 Å². The van der Waals surface area contributed by atoms with Gasteiger partial charge in [0.15, 0.2) is 0 Å². The molecule has 1 aliphatic heterocycles. The quantitative estimate of drug-likeness (QED) is 0.868. The molecule has 3 rings (SSSR count). The van der Waals surface area contributed by atoms with Crippen LogP contribution in [-0.4, -0.2) is 25.0 Å². The molecule has 0 unspecified atom stereocenters. The molecule has 1 saturated heterocycles. The zero-order valence-corrected chi connectivity index (χ0v) is 13.1. The minimum Gasteiger partial charge on any atom is -0.349 e. The highest BCUT2D eigenvalue weighted by atomic mass is 19.4. The lowest BCUT2D eigenvalue weighted by atomic mass is 10.1. The molecule has 2 fully saturated rings. The summed E-state index contributed by atoms with van der Waals surface area (Å²) in [6.45, 7) is 2.50. The van der Waals surface area contributed by atoms with E-state index in [1.165, 1.54) is 44.1 Å². The Morgan fingerprint density at radius 1 is 1.04 bits per heavy atom. The molecule has 0 atom stereocenters. The molecule has 1 saturated carbocycles. The van der Waals surface area contributed by atoms with Gasteiger partial charge in [-0.25, -0.2) is 0 Å². The van der Waals surface area contributed by atoms with E-state index in [0.29, 0.717) is 0 Å². The van der Waals surface area contributed by atoms with E-state index in [0.717, 1.165) is 31.7 Å². The van der Waals surface area contributed by atoms with Crippen molar-refractivity contribution < 1.29 is 18.0 Å². The van der Waals surface area contributed by atoms with Gasteiger partial charge < -0.3 is 10.6 Å². The van der Waals surface area contributed by atoms with E-state index >= 15 is 0 Å². The highest BCUT2D eigenvalue weighted by Crippen LogP contribution is 2.32. The van der Waals surface area contributed by atoms with Crippen molar-refractivity contribution >= 4 is 5.91 Å². The zero-order valence-electron chi connectivity index (χ0n) is 13.1. The maximum Gasteiger partial charge on any atom is 0.417 e. The van der Waals surface area contributed by atoms with Gasteiger partial charge in [0.2, 0.25) is 0 Å². The highest BCUT2D eigenvalue weighted by Gasteiger charge is 2.35. The summed E-state index contributed by atoms with van der Waals surface area (Å²) in [4.78, 5) is 11.9. The average Bonchev–Trinajstić information content (AvgIpc) is 3.22. The smallest absolute Gasteiger partial charge is 0.349 e. The van der Waals surface area contributed by atoms with Crippen LogP contribution in [0.15, 0.2) is 24.3 Å². The number of amides is 1. The van der Waals surface area contributed by atoms with Gasteiger partial charge in [-0.3, -0.25) is 4.79 Å². The summed E-state index contributed by atoms with van der Waals surface area (Å²) in [5.74, 6) is -0.630. The standard InChI is InChI=1S/C13H14F3NO.C4H9N/c14-13(15,16)11-8-4-3-7-10(11)12(18)17-9-5-1-2-6-9;1-2-4-5-3-1/h3-4,7-9H,1-2,5-6H2,(H,17,18);5H,1-4H2. The molecule has 1 heterocycles.